The number of rotatable bonds is 8. The number of nitrogens with zero attached hydrogens (tertiary/aromatic N) is 4. The van der Waals surface area contributed by atoms with Gasteiger partial charge in [0.2, 0.25) is 0 Å². The monoisotopic (exact) mass is 432 g/mol. The minimum atomic E-state index is -0.537. The molecular weight excluding hydrogens is 408 g/mol. The van der Waals surface area contributed by atoms with Crippen LogP contribution >= 0.6 is 11.6 Å². The van der Waals surface area contributed by atoms with Gasteiger partial charge in [0.15, 0.2) is 11.2 Å². The first-order valence-corrected chi connectivity index (χ1v) is 10.2. The molecule has 3 rings (SSSR count). The Morgan fingerprint density at radius 2 is 1.83 bits per heavy atom. The smallest absolute Gasteiger partial charge is 0.332 e. The molecule has 0 aliphatic rings. The first-order chi connectivity index (χ1) is 14.3. The molecule has 0 bridgehead atoms. The molecule has 1 unspecified atom stereocenters. The van der Waals surface area contributed by atoms with E-state index in [9.17, 15) is 14.4 Å². The number of imidazole rings is 1. The van der Waals surface area contributed by atoms with Crippen LogP contribution in [-0.2, 0) is 24.9 Å². The van der Waals surface area contributed by atoms with Crippen molar-refractivity contribution in [2.75, 3.05) is 6.61 Å². The van der Waals surface area contributed by atoms with Gasteiger partial charge >= 0.3 is 5.69 Å². The Morgan fingerprint density at radius 1 is 1.17 bits per heavy atom. The van der Waals surface area contributed by atoms with Crippen molar-refractivity contribution in [3.63, 3.8) is 0 Å². The molecule has 1 N–H and O–H groups in total. The van der Waals surface area contributed by atoms with E-state index < -0.39 is 17.2 Å². The molecule has 9 heteroatoms. The SMILES string of the molecule is CC(C)C(C=O)c1nc2c(c(=O)n(CCCO)c(=O)n2C)n1Cc1ccc(Cl)cc1. The van der Waals surface area contributed by atoms with Gasteiger partial charge in [-0.1, -0.05) is 37.6 Å². The third kappa shape index (κ3) is 3.97. The van der Waals surface area contributed by atoms with E-state index >= 15 is 0 Å². The molecule has 1 atom stereocenters. The Labute approximate surface area is 178 Å². The first kappa shape index (κ1) is 22.0. The minimum Gasteiger partial charge on any atom is -0.396 e. The average molecular weight is 433 g/mol. The Kier molecular flexibility index (Phi) is 6.58. The Bertz CT molecular complexity index is 1170. The average Bonchev–Trinajstić information content (AvgIpc) is 3.07. The molecule has 2 heterocycles. The minimum absolute atomic E-state index is 0.0445. The quantitative estimate of drug-likeness (QED) is 0.548. The van der Waals surface area contributed by atoms with E-state index in [1.54, 1.807) is 23.7 Å². The predicted molar refractivity (Wildman–Crippen MR) is 115 cm³/mol. The van der Waals surface area contributed by atoms with Crippen molar-refractivity contribution >= 4 is 29.1 Å². The molecule has 0 aliphatic carbocycles. The van der Waals surface area contributed by atoms with Crippen LogP contribution in [0.1, 0.15) is 37.6 Å². The summed E-state index contributed by atoms with van der Waals surface area (Å²) in [7, 11) is 1.55. The van der Waals surface area contributed by atoms with Crippen LogP contribution in [0.5, 0.6) is 0 Å². The van der Waals surface area contributed by atoms with Gasteiger partial charge in [0.25, 0.3) is 5.56 Å². The molecule has 0 saturated heterocycles. The zero-order chi connectivity index (χ0) is 22.0. The van der Waals surface area contributed by atoms with Gasteiger partial charge in [0, 0.05) is 31.8 Å². The van der Waals surface area contributed by atoms with E-state index in [0.717, 1.165) is 16.4 Å². The number of carbonyl (C=O) groups excluding carboxylic acids is 1. The maximum atomic E-state index is 13.3. The van der Waals surface area contributed by atoms with Crippen LogP contribution in [0.4, 0.5) is 0 Å². The molecule has 30 heavy (non-hydrogen) atoms. The molecule has 1 aromatic carbocycles. The van der Waals surface area contributed by atoms with Crippen LogP contribution in [0.3, 0.4) is 0 Å². The highest BCUT2D eigenvalue weighted by Crippen LogP contribution is 2.25. The zero-order valence-corrected chi connectivity index (χ0v) is 18.0. The van der Waals surface area contributed by atoms with Gasteiger partial charge < -0.3 is 14.5 Å². The molecule has 8 nitrogen and oxygen atoms in total. The second-order valence-electron chi connectivity index (χ2n) is 7.64. The lowest BCUT2D eigenvalue weighted by Gasteiger charge is -2.16. The van der Waals surface area contributed by atoms with E-state index in [0.29, 0.717) is 17.4 Å². The first-order valence-electron chi connectivity index (χ1n) is 9.80. The molecule has 160 valence electrons. The largest absolute Gasteiger partial charge is 0.396 e. The number of benzene rings is 1. The summed E-state index contributed by atoms with van der Waals surface area (Å²) < 4.78 is 4.14. The number of halogens is 1. The molecule has 2 aromatic heterocycles. The summed E-state index contributed by atoms with van der Waals surface area (Å²) in [5.74, 6) is -0.140. The molecular formula is C21H25ClN4O4. The van der Waals surface area contributed by atoms with Crippen molar-refractivity contribution in [3.05, 3.63) is 61.5 Å². The topological polar surface area (TPSA) is 99.1 Å². The highest BCUT2D eigenvalue weighted by atomic mass is 35.5. The summed E-state index contributed by atoms with van der Waals surface area (Å²) in [4.78, 5) is 42.4. The van der Waals surface area contributed by atoms with Crippen molar-refractivity contribution in [3.8, 4) is 0 Å². The number of aldehydes is 1. The second kappa shape index (κ2) is 8.97. The number of aliphatic hydroxyl groups excluding tert-OH is 1. The number of aryl methyl sites for hydroxylation is 1. The predicted octanol–water partition coefficient (Wildman–Crippen LogP) is 1.92. The summed E-state index contributed by atoms with van der Waals surface area (Å²) in [5.41, 5.74) is 0.385. The van der Waals surface area contributed by atoms with Crippen LogP contribution in [0.25, 0.3) is 11.2 Å². The molecule has 0 saturated carbocycles. The van der Waals surface area contributed by atoms with E-state index in [2.05, 4.69) is 4.98 Å². The molecule has 3 aromatic rings. The van der Waals surface area contributed by atoms with Crippen LogP contribution in [-0.4, -0.2) is 36.7 Å². The van der Waals surface area contributed by atoms with Gasteiger partial charge in [0.05, 0.1) is 5.92 Å². The lowest BCUT2D eigenvalue weighted by Crippen LogP contribution is -2.40. The number of fused-ring (bicyclic) bond motifs is 1. The van der Waals surface area contributed by atoms with E-state index in [1.165, 1.54) is 4.57 Å². The lowest BCUT2D eigenvalue weighted by atomic mass is 9.96. The molecule has 0 radical (unpaired) electrons. The van der Waals surface area contributed by atoms with Crippen molar-refractivity contribution in [1.82, 2.24) is 18.7 Å². The van der Waals surface area contributed by atoms with Crippen LogP contribution in [0.15, 0.2) is 33.9 Å². The normalized spacial score (nSPS) is 12.6. The highest BCUT2D eigenvalue weighted by molar-refractivity contribution is 6.30. The Morgan fingerprint density at radius 3 is 2.40 bits per heavy atom. The Hall–Kier alpha value is -2.71. The van der Waals surface area contributed by atoms with Crippen LogP contribution in [0, 0.1) is 5.92 Å². The van der Waals surface area contributed by atoms with Crippen molar-refractivity contribution < 1.29 is 9.90 Å². The van der Waals surface area contributed by atoms with Crippen molar-refractivity contribution in [1.29, 1.82) is 0 Å². The molecule has 0 spiro atoms. The zero-order valence-electron chi connectivity index (χ0n) is 17.2. The fourth-order valence-electron chi connectivity index (χ4n) is 3.52. The van der Waals surface area contributed by atoms with E-state index in [-0.39, 0.29) is 36.7 Å². The van der Waals surface area contributed by atoms with Crippen molar-refractivity contribution in [2.24, 2.45) is 13.0 Å². The number of hydrogen-bond acceptors (Lipinski definition) is 5. The fourth-order valence-corrected chi connectivity index (χ4v) is 3.64. The maximum absolute atomic E-state index is 13.3. The van der Waals surface area contributed by atoms with Gasteiger partial charge in [-0.05, 0) is 30.0 Å². The molecule has 0 aliphatic heterocycles. The van der Waals surface area contributed by atoms with Gasteiger partial charge in [-0.3, -0.25) is 13.9 Å². The van der Waals surface area contributed by atoms with Crippen LogP contribution < -0.4 is 11.2 Å². The number of hydrogen-bond donors (Lipinski definition) is 1. The highest BCUT2D eigenvalue weighted by Gasteiger charge is 2.26. The third-order valence-corrected chi connectivity index (χ3v) is 5.47. The molecule has 0 fully saturated rings. The van der Waals surface area contributed by atoms with E-state index in [4.69, 9.17) is 16.7 Å². The maximum Gasteiger partial charge on any atom is 0.332 e. The second-order valence-corrected chi connectivity index (χ2v) is 8.07. The summed E-state index contributed by atoms with van der Waals surface area (Å²) in [6.45, 7) is 4.07. The van der Waals surface area contributed by atoms with Crippen molar-refractivity contribution in [2.45, 2.75) is 39.3 Å². The van der Waals surface area contributed by atoms with E-state index in [1.807, 2.05) is 26.0 Å². The van der Waals surface area contributed by atoms with Gasteiger partial charge in [-0.2, -0.15) is 0 Å². The van der Waals surface area contributed by atoms with Gasteiger partial charge in [0.1, 0.15) is 12.1 Å². The lowest BCUT2D eigenvalue weighted by molar-refractivity contribution is -0.110. The van der Waals surface area contributed by atoms with Crippen LogP contribution in [0.2, 0.25) is 5.02 Å². The number of aliphatic hydroxyl groups is 1. The fraction of sp³-hybridized carbons (Fsp3) is 0.429. The number of carbonyl (C=O) groups is 1. The third-order valence-electron chi connectivity index (χ3n) is 5.22. The summed E-state index contributed by atoms with van der Waals surface area (Å²) in [6.07, 6.45) is 1.11. The standard InChI is InChI=1S/C21H25ClN4O4/c1-13(2)16(12-28)18-23-19-17(26(18)11-14-5-7-15(22)8-6-14)20(29)25(9-4-10-27)21(30)24(19)3/h5-8,12-13,16,27H,4,9-11H2,1-3H3. The van der Waals surface area contributed by atoms with Gasteiger partial charge in [-0.25, -0.2) is 9.78 Å². The van der Waals surface area contributed by atoms with Gasteiger partial charge in [-0.15, -0.1) is 0 Å². The number of aromatic nitrogens is 4. The summed E-state index contributed by atoms with van der Waals surface area (Å²) in [5, 5.41) is 9.74. The summed E-state index contributed by atoms with van der Waals surface area (Å²) >= 11 is 5.99. The molecule has 0 amide bonds. The summed E-state index contributed by atoms with van der Waals surface area (Å²) in [6, 6.07) is 7.19. The Balaban J connectivity index is 2.34.